The average molecular weight is 377 g/mol. The highest BCUT2D eigenvalue weighted by Crippen LogP contribution is 2.36. The van der Waals surface area contributed by atoms with Crippen LogP contribution < -0.4 is 10.0 Å². The number of fused-ring (bicyclic) bond motifs is 1. The van der Waals surface area contributed by atoms with Crippen LogP contribution in [0.1, 0.15) is 24.5 Å². The van der Waals surface area contributed by atoms with Gasteiger partial charge in [0.05, 0.1) is 16.3 Å². The molecule has 0 saturated carbocycles. The third-order valence-electron chi connectivity index (χ3n) is 4.19. The molecule has 0 unspecified atom stereocenters. The molecule has 1 heterocycles. The molecule has 5 nitrogen and oxygen atoms in total. The van der Waals surface area contributed by atoms with Crippen molar-refractivity contribution in [1.29, 1.82) is 0 Å². The normalized spacial score (nSPS) is 17.4. The van der Waals surface area contributed by atoms with Gasteiger partial charge in [-0.25, -0.2) is 8.42 Å². The largest absolute Gasteiger partial charge is 0.325 e. The van der Waals surface area contributed by atoms with E-state index in [1.165, 1.54) is 6.07 Å². The summed E-state index contributed by atoms with van der Waals surface area (Å²) in [6.07, 6.45) is 0.405. The van der Waals surface area contributed by atoms with Gasteiger partial charge < -0.3 is 5.32 Å². The number of thioether (sulfide) groups is 1. The number of amides is 1. The lowest BCUT2D eigenvalue weighted by atomic mass is 10.1. The number of hydrogen-bond donors (Lipinski definition) is 2. The summed E-state index contributed by atoms with van der Waals surface area (Å²) >= 11 is 1.57. The fraction of sp³-hybridized carbons (Fsp3) is 0.278. The van der Waals surface area contributed by atoms with Gasteiger partial charge in [0, 0.05) is 16.6 Å². The van der Waals surface area contributed by atoms with Gasteiger partial charge in [0.15, 0.2) is 0 Å². The van der Waals surface area contributed by atoms with E-state index in [-0.39, 0.29) is 16.1 Å². The van der Waals surface area contributed by atoms with Gasteiger partial charge in [-0.2, -0.15) is 0 Å². The molecule has 3 rings (SSSR count). The van der Waals surface area contributed by atoms with Crippen LogP contribution in [0.4, 0.5) is 11.4 Å². The van der Waals surface area contributed by atoms with E-state index in [1.54, 1.807) is 30.0 Å². The van der Waals surface area contributed by atoms with E-state index in [1.807, 2.05) is 32.9 Å². The summed E-state index contributed by atoms with van der Waals surface area (Å²) in [4.78, 5) is 12.9. The summed E-state index contributed by atoms with van der Waals surface area (Å²) in [6, 6.07) is 10.3. The highest BCUT2D eigenvalue weighted by molar-refractivity contribution is 8.00. The predicted octanol–water partition coefficient (Wildman–Crippen LogP) is 3.93. The standard InChI is InChI=1S/C18H20N2O3S2/c1-11-5-4-6-15(13(11)3)20-25(22,23)14-7-8-17-16(10-14)19-18(21)9-12(2)24-17/h4-8,10,12,20H,9H2,1-3H3,(H,19,21)/t12-/m0/s1. The van der Waals surface area contributed by atoms with Gasteiger partial charge in [-0.15, -0.1) is 11.8 Å². The van der Waals surface area contributed by atoms with Crippen LogP contribution in [0.15, 0.2) is 46.2 Å². The molecule has 1 atom stereocenters. The molecule has 0 bridgehead atoms. The summed E-state index contributed by atoms with van der Waals surface area (Å²) in [5.74, 6) is -0.101. The molecular formula is C18H20N2O3S2. The van der Waals surface area contributed by atoms with Gasteiger partial charge in [-0.05, 0) is 49.2 Å². The van der Waals surface area contributed by atoms with Crippen LogP contribution >= 0.6 is 11.8 Å². The van der Waals surface area contributed by atoms with E-state index in [0.717, 1.165) is 16.0 Å². The van der Waals surface area contributed by atoms with Crippen molar-refractivity contribution in [3.8, 4) is 0 Å². The fourth-order valence-electron chi connectivity index (χ4n) is 2.66. The minimum Gasteiger partial charge on any atom is -0.325 e. The molecule has 2 aromatic rings. The van der Waals surface area contributed by atoms with Crippen molar-refractivity contribution >= 4 is 39.1 Å². The Morgan fingerprint density at radius 3 is 2.72 bits per heavy atom. The summed E-state index contributed by atoms with van der Waals surface area (Å²) in [6.45, 7) is 5.79. The molecule has 0 radical (unpaired) electrons. The van der Waals surface area contributed by atoms with Crippen LogP contribution in [-0.2, 0) is 14.8 Å². The number of hydrogen-bond acceptors (Lipinski definition) is 4. The van der Waals surface area contributed by atoms with E-state index < -0.39 is 10.0 Å². The number of nitrogens with one attached hydrogen (secondary N) is 2. The molecule has 0 saturated heterocycles. The van der Waals surface area contributed by atoms with Crippen molar-refractivity contribution in [2.45, 2.75) is 42.2 Å². The number of carbonyl (C=O) groups is 1. The average Bonchev–Trinajstić information content (AvgIpc) is 2.67. The molecule has 0 aliphatic carbocycles. The first kappa shape index (κ1) is 17.8. The van der Waals surface area contributed by atoms with Gasteiger partial charge in [-0.3, -0.25) is 9.52 Å². The van der Waals surface area contributed by atoms with Gasteiger partial charge in [0.1, 0.15) is 0 Å². The second kappa shape index (κ2) is 6.72. The minimum atomic E-state index is -3.74. The van der Waals surface area contributed by atoms with Crippen LogP contribution in [0, 0.1) is 13.8 Å². The Balaban J connectivity index is 1.96. The monoisotopic (exact) mass is 376 g/mol. The molecular weight excluding hydrogens is 356 g/mol. The van der Waals surface area contributed by atoms with E-state index in [9.17, 15) is 13.2 Å². The summed E-state index contributed by atoms with van der Waals surface area (Å²) in [5.41, 5.74) is 3.00. The first-order chi connectivity index (χ1) is 11.8. The molecule has 7 heteroatoms. The van der Waals surface area contributed by atoms with E-state index in [0.29, 0.717) is 17.8 Å². The number of aryl methyl sites for hydroxylation is 1. The summed E-state index contributed by atoms with van der Waals surface area (Å²) in [7, 11) is -3.74. The SMILES string of the molecule is Cc1cccc(NS(=O)(=O)c2ccc3c(c2)NC(=O)C[C@H](C)S3)c1C. The van der Waals surface area contributed by atoms with Crippen molar-refractivity contribution < 1.29 is 13.2 Å². The molecule has 1 amide bonds. The summed E-state index contributed by atoms with van der Waals surface area (Å²) in [5, 5.41) is 2.95. The maximum atomic E-state index is 12.8. The Morgan fingerprint density at radius 1 is 1.20 bits per heavy atom. The molecule has 1 aliphatic heterocycles. The minimum absolute atomic E-state index is 0.101. The van der Waals surface area contributed by atoms with E-state index in [2.05, 4.69) is 10.0 Å². The van der Waals surface area contributed by atoms with E-state index >= 15 is 0 Å². The Morgan fingerprint density at radius 2 is 1.96 bits per heavy atom. The van der Waals surface area contributed by atoms with Crippen molar-refractivity contribution in [1.82, 2.24) is 0 Å². The molecule has 0 aromatic heterocycles. The molecule has 0 fully saturated rings. The number of anilines is 2. The highest BCUT2D eigenvalue weighted by atomic mass is 32.2. The lowest BCUT2D eigenvalue weighted by molar-refractivity contribution is -0.116. The second-order valence-electron chi connectivity index (χ2n) is 6.19. The third kappa shape index (κ3) is 3.82. The number of carbonyl (C=O) groups excluding carboxylic acids is 1. The Labute approximate surface area is 152 Å². The quantitative estimate of drug-likeness (QED) is 0.851. The van der Waals surface area contributed by atoms with Crippen LogP contribution in [0.2, 0.25) is 0 Å². The molecule has 2 aromatic carbocycles. The van der Waals surface area contributed by atoms with Gasteiger partial charge in [0.25, 0.3) is 10.0 Å². The lowest BCUT2D eigenvalue weighted by Crippen LogP contribution is -2.16. The first-order valence-corrected chi connectivity index (χ1v) is 10.3. The van der Waals surface area contributed by atoms with Gasteiger partial charge >= 0.3 is 0 Å². The van der Waals surface area contributed by atoms with Crippen LogP contribution in [0.3, 0.4) is 0 Å². The second-order valence-corrected chi connectivity index (χ2v) is 9.35. The Hall–Kier alpha value is -1.99. The molecule has 0 spiro atoms. The van der Waals surface area contributed by atoms with Crippen molar-refractivity contribution in [2.75, 3.05) is 10.0 Å². The number of sulfonamides is 1. The summed E-state index contributed by atoms with van der Waals surface area (Å²) < 4.78 is 28.1. The van der Waals surface area contributed by atoms with E-state index in [4.69, 9.17) is 0 Å². The Bertz CT molecular complexity index is 939. The maximum Gasteiger partial charge on any atom is 0.261 e. The third-order valence-corrected chi connectivity index (χ3v) is 6.73. The van der Waals surface area contributed by atoms with Crippen molar-refractivity contribution in [3.63, 3.8) is 0 Å². The zero-order chi connectivity index (χ0) is 18.2. The van der Waals surface area contributed by atoms with Crippen molar-refractivity contribution in [2.24, 2.45) is 0 Å². The lowest BCUT2D eigenvalue weighted by Gasteiger charge is -2.14. The van der Waals surface area contributed by atoms with Gasteiger partial charge in [0.2, 0.25) is 5.91 Å². The molecule has 1 aliphatic rings. The number of benzene rings is 2. The zero-order valence-corrected chi connectivity index (χ0v) is 15.9. The topological polar surface area (TPSA) is 75.3 Å². The maximum absolute atomic E-state index is 12.8. The molecule has 25 heavy (non-hydrogen) atoms. The number of rotatable bonds is 3. The van der Waals surface area contributed by atoms with Crippen LogP contribution in [-0.4, -0.2) is 19.6 Å². The zero-order valence-electron chi connectivity index (χ0n) is 14.3. The van der Waals surface area contributed by atoms with Crippen LogP contribution in [0.25, 0.3) is 0 Å². The smallest absolute Gasteiger partial charge is 0.261 e. The van der Waals surface area contributed by atoms with Crippen molar-refractivity contribution in [3.05, 3.63) is 47.5 Å². The van der Waals surface area contributed by atoms with Crippen LogP contribution in [0.5, 0.6) is 0 Å². The highest BCUT2D eigenvalue weighted by Gasteiger charge is 2.22. The predicted molar refractivity (Wildman–Crippen MR) is 102 cm³/mol. The first-order valence-electron chi connectivity index (χ1n) is 7.96. The molecule has 2 N–H and O–H groups in total. The fourth-order valence-corrected chi connectivity index (χ4v) is 4.86. The molecule has 132 valence electrons. The van der Waals surface area contributed by atoms with Gasteiger partial charge in [-0.1, -0.05) is 19.1 Å². The Kier molecular flexibility index (Phi) is 4.79.